The van der Waals surface area contributed by atoms with E-state index in [0.29, 0.717) is 19.4 Å². The standard InChI is InChI=1S/C24H29N5O3/c1-2-28(24(31)12-11-22-26-20-5-3-4-6-21(20)27-22)17-23(30)25-18-7-9-19(10-8-18)29-13-15-32-16-14-29/h3-10H,2,11-17H2,1H3,(H,25,30)(H,26,27). The Morgan fingerprint density at radius 1 is 1.12 bits per heavy atom. The normalized spacial score (nSPS) is 13.8. The summed E-state index contributed by atoms with van der Waals surface area (Å²) in [6, 6.07) is 15.6. The van der Waals surface area contributed by atoms with Gasteiger partial charge in [-0.25, -0.2) is 4.98 Å². The molecule has 0 atom stereocenters. The molecule has 2 N–H and O–H groups in total. The number of hydrogen-bond acceptors (Lipinski definition) is 5. The van der Waals surface area contributed by atoms with Crippen LogP contribution < -0.4 is 10.2 Å². The van der Waals surface area contributed by atoms with Gasteiger partial charge >= 0.3 is 0 Å². The van der Waals surface area contributed by atoms with Crippen LogP contribution in [0.2, 0.25) is 0 Å². The van der Waals surface area contributed by atoms with Crippen molar-refractivity contribution in [3.8, 4) is 0 Å². The van der Waals surface area contributed by atoms with Crippen LogP contribution in [0.25, 0.3) is 11.0 Å². The van der Waals surface area contributed by atoms with Crippen LogP contribution in [0, 0.1) is 0 Å². The summed E-state index contributed by atoms with van der Waals surface area (Å²) in [7, 11) is 0. The highest BCUT2D eigenvalue weighted by atomic mass is 16.5. The number of anilines is 2. The third-order valence-electron chi connectivity index (χ3n) is 5.61. The maximum atomic E-state index is 12.7. The number of amides is 2. The minimum absolute atomic E-state index is 0.0285. The van der Waals surface area contributed by atoms with Gasteiger partial charge in [0.05, 0.1) is 30.8 Å². The second kappa shape index (κ2) is 10.3. The minimum atomic E-state index is -0.206. The topological polar surface area (TPSA) is 90.6 Å². The number of ether oxygens (including phenoxy) is 1. The van der Waals surface area contributed by atoms with Gasteiger partial charge in [-0.3, -0.25) is 9.59 Å². The lowest BCUT2D eigenvalue weighted by molar-refractivity contribution is -0.134. The first-order valence-electron chi connectivity index (χ1n) is 11.1. The SMILES string of the molecule is CCN(CC(=O)Nc1ccc(N2CCOCC2)cc1)C(=O)CCc1nc2ccccc2[nH]1. The quantitative estimate of drug-likeness (QED) is 0.568. The number of fused-ring (bicyclic) bond motifs is 1. The second-order valence-electron chi connectivity index (χ2n) is 7.80. The largest absolute Gasteiger partial charge is 0.378 e. The molecule has 2 heterocycles. The number of aromatic amines is 1. The predicted octanol–water partition coefficient (Wildman–Crippen LogP) is 2.82. The molecule has 8 nitrogen and oxygen atoms in total. The molecule has 3 aromatic rings. The highest BCUT2D eigenvalue weighted by molar-refractivity contribution is 5.94. The van der Waals surface area contributed by atoms with E-state index in [2.05, 4.69) is 20.2 Å². The Morgan fingerprint density at radius 3 is 2.59 bits per heavy atom. The molecule has 1 fully saturated rings. The van der Waals surface area contributed by atoms with Gasteiger partial charge in [-0.15, -0.1) is 0 Å². The average Bonchev–Trinajstić information content (AvgIpc) is 3.25. The Labute approximate surface area is 187 Å². The Balaban J connectivity index is 1.27. The molecular formula is C24H29N5O3. The summed E-state index contributed by atoms with van der Waals surface area (Å²) in [5.41, 5.74) is 3.68. The van der Waals surface area contributed by atoms with E-state index < -0.39 is 0 Å². The fourth-order valence-electron chi connectivity index (χ4n) is 3.83. The molecule has 0 aliphatic carbocycles. The molecular weight excluding hydrogens is 406 g/mol. The van der Waals surface area contributed by atoms with E-state index in [1.54, 1.807) is 4.90 Å². The summed E-state index contributed by atoms with van der Waals surface area (Å²) in [6.07, 6.45) is 0.809. The molecule has 0 bridgehead atoms. The van der Waals surface area contributed by atoms with E-state index in [0.717, 1.165) is 54.5 Å². The molecule has 2 aromatic carbocycles. The van der Waals surface area contributed by atoms with Gasteiger partial charge in [0.25, 0.3) is 0 Å². The van der Waals surface area contributed by atoms with Crippen molar-refractivity contribution < 1.29 is 14.3 Å². The zero-order valence-corrected chi connectivity index (χ0v) is 18.3. The number of aromatic nitrogens is 2. The number of rotatable bonds is 8. The van der Waals surface area contributed by atoms with Crippen LogP contribution in [0.5, 0.6) is 0 Å². The van der Waals surface area contributed by atoms with Crippen molar-refractivity contribution in [1.82, 2.24) is 14.9 Å². The van der Waals surface area contributed by atoms with Gasteiger partial charge in [-0.1, -0.05) is 12.1 Å². The summed E-state index contributed by atoms with van der Waals surface area (Å²) < 4.78 is 5.38. The first kappa shape index (κ1) is 21.8. The number of imidazole rings is 1. The Hall–Kier alpha value is -3.39. The zero-order valence-electron chi connectivity index (χ0n) is 18.3. The molecule has 1 aromatic heterocycles. The molecule has 2 amide bonds. The van der Waals surface area contributed by atoms with Crippen LogP contribution in [-0.2, 0) is 20.7 Å². The summed E-state index contributed by atoms with van der Waals surface area (Å²) >= 11 is 0. The lowest BCUT2D eigenvalue weighted by Gasteiger charge is -2.29. The summed E-state index contributed by atoms with van der Waals surface area (Å²) in [6.45, 7) is 5.58. The third-order valence-corrected chi connectivity index (χ3v) is 5.61. The van der Waals surface area contributed by atoms with E-state index in [9.17, 15) is 9.59 Å². The van der Waals surface area contributed by atoms with Crippen LogP contribution in [0.15, 0.2) is 48.5 Å². The fourth-order valence-corrected chi connectivity index (χ4v) is 3.83. The molecule has 0 radical (unpaired) electrons. The number of likely N-dealkylation sites (N-methyl/N-ethyl adjacent to an activating group) is 1. The van der Waals surface area contributed by atoms with Crippen molar-refractivity contribution in [2.24, 2.45) is 0 Å². The van der Waals surface area contributed by atoms with Crippen LogP contribution >= 0.6 is 0 Å². The summed E-state index contributed by atoms with van der Waals surface area (Å²) in [5, 5.41) is 2.89. The lowest BCUT2D eigenvalue weighted by Crippen LogP contribution is -2.38. The van der Waals surface area contributed by atoms with E-state index >= 15 is 0 Å². The maximum absolute atomic E-state index is 12.7. The monoisotopic (exact) mass is 435 g/mol. The number of para-hydroxylation sites is 2. The Morgan fingerprint density at radius 2 is 1.88 bits per heavy atom. The number of H-pyrrole nitrogens is 1. The molecule has 4 rings (SSSR count). The number of hydrogen-bond donors (Lipinski definition) is 2. The van der Waals surface area contributed by atoms with E-state index in [1.807, 2.05) is 55.5 Å². The highest BCUT2D eigenvalue weighted by Gasteiger charge is 2.17. The number of benzene rings is 2. The molecule has 32 heavy (non-hydrogen) atoms. The van der Waals surface area contributed by atoms with E-state index in [4.69, 9.17) is 4.74 Å². The van der Waals surface area contributed by atoms with Gasteiger partial charge < -0.3 is 24.8 Å². The van der Waals surface area contributed by atoms with Crippen LogP contribution in [0.4, 0.5) is 11.4 Å². The van der Waals surface area contributed by atoms with Gasteiger partial charge in [0.2, 0.25) is 11.8 Å². The van der Waals surface area contributed by atoms with Gasteiger partial charge in [0.1, 0.15) is 5.82 Å². The summed E-state index contributed by atoms with van der Waals surface area (Å²) in [5.74, 6) is 0.509. The number of morpholine rings is 1. The average molecular weight is 436 g/mol. The summed E-state index contributed by atoms with van der Waals surface area (Å²) in [4.78, 5) is 36.8. The first-order valence-corrected chi connectivity index (χ1v) is 11.1. The second-order valence-corrected chi connectivity index (χ2v) is 7.80. The molecule has 1 saturated heterocycles. The van der Waals surface area contributed by atoms with Crippen LogP contribution in [-0.4, -0.2) is 66.1 Å². The van der Waals surface area contributed by atoms with Crippen molar-refractivity contribution in [2.75, 3.05) is 49.6 Å². The molecule has 1 aliphatic heterocycles. The van der Waals surface area contributed by atoms with E-state index in [1.165, 1.54) is 0 Å². The molecule has 0 unspecified atom stereocenters. The Bertz CT molecular complexity index is 1020. The van der Waals surface area contributed by atoms with E-state index in [-0.39, 0.29) is 18.4 Å². The van der Waals surface area contributed by atoms with Crippen LogP contribution in [0.3, 0.4) is 0 Å². The van der Waals surface area contributed by atoms with Gasteiger partial charge in [-0.2, -0.15) is 0 Å². The number of carbonyl (C=O) groups excluding carboxylic acids is 2. The Kier molecular flexibility index (Phi) is 7.01. The van der Waals surface area contributed by atoms with Crippen molar-refractivity contribution >= 4 is 34.2 Å². The molecule has 168 valence electrons. The minimum Gasteiger partial charge on any atom is -0.378 e. The van der Waals surface area contributed by atoms with Gasteiger partial charge in [0.15, 0.2) is 0 Å². The third kappa shape index (κ3) is 5.45. The smallest absolute Gasteiger partial charge is 0.243 e. The maximum Gasteiger partial charge on any atom is 0.243 e. The van der Waals surface area contributed by atoms with Crippen molar-refractivity contribution in [1.29, 1.82) is 0 Å². The van der Waals surface area contributed by atoms with Crippen molar-refractivity contribution in [3.63, 3.8) is 0 Å². The van der Waals surface area contributed by atoms with Gasteiger partial charge in [0, 0.05) is 43.9 Å². The number of nitrogens with zero attached hydrogens (tertiary/aromatic N) is 3. The van der Waals surface area contributed by atoms with Crippen molar-refractivity contribution in [2.45, 2.75) is 19.8 Å². The molecule has 0 spiro atoms. The zero-order chi connectivity index (χ0) is 22.3. The molecule has 8 heteroatoms. The molecule has 0 saturated carbocycles. The number of carbonyl (C=O) groups is 2. The van der Waals surface area contributed by atoms with Crippen LogP contribution in [0.1, 0.15) is 19.2 Å². The molecule has 1 aliphatic rings. The number of nitrogens with one attached hydrogen (secondary N) is 2. The first-order chi connectivity index (χ1) is 15.6. The lowest BCUT2D eigenvalue weighted by atomic mass is 10.2. The highest BCUT2D eigenvalue weighted by Crippen LogP contribution is 2.19. The van der Waals surface area contributed by atoms with Gasteiger partial charge in [-0.05, 0) is 43.3 Å². The predicted molar refractivity (Wildman–Crippen MR) is 125 cm³/mol. The number of aryl methyl sites for hydroxylation is 1. The fraction of sp³-hybridized carbons (Fsp3) is 0.375. The van der Waals surface area contributed by atoms with Crippen molar-refractivity contribution in [3.05, 3.63) is 54.4 Å².